The minimum absolute atomic E-state index is 0.0162. The van der Waals surface area contributed by atoms with E-state index in [1.54, 1.807) is 51.3 Å². The first-order chi connectivity index (χ1) is 32.8. The number of para-hydroxylation sites is 1. The van der Waals surface area contributed by atoms with E-state index in [1.807, 2.05) is 29.2 Å². The number of fused-ring (bicyclic) bond motifs is 1. The van der Waals surface area contributed by atoms with Crippen LogP contribution in [0.15, 0.2) is 114 Å². The molecule has 1 saturated heterocycles. The molecule has 0 saturated carbocycles. The second-order valence-corrected chi connectivity index (χ2v) is 15.7. The van der Waals surface area contributed by atoms with Crippen molar-refractivity contribution in [2.24, 2.45) is 4.99 Å². The summed E-state index contributed by atoms with van der Waals surface area (Å²) in [5.41, 5.74) is 2.00. The molecule has 1 fully saturated rings. The van der Waals surface area contributed by atoms with Crippen LogP contribution in [0.2, 0.25) is 0 Å². The van der Waals surface area contributed by atoms with Gasteiger partial charge >= 0.3 is 36.0 Å². The summed E-state index contributed by atoms with van der Waals surface area (Å²) in [5.74, 6) is -6.53. The van der Waals surface area contributed by atoms with E-state index in [0.717, 1.165) is 28.9 Å². The Morgan fingerprint density at radius 2 is 1.23 bits per heavy atom. The lowest BCUT2D eigenvalue weighted by Gasteiger charge is -2.45. The lowest BCUT2D eigenvalue weighted by atomic mass is 9.96. The Labute approximate surface area is 392 Å². The number of aliphatic imine (C=N–C) groups is 1. The Morgan fingerprint density at radius 1 is 0.696 bits per heavy atom. The highest BCUT2D eigenvalue weighted by Crippen LogP contribution is 2.46. The Morgan fingerprint density at radius 3 is 1.72 bits per heavy atom. The maximum atomic E-state index is 15.1. The van der Waals surface area contributed by atoms with E-state index in [9.17, 15) is 52.5 Å². The number of benzene rings is 5. The number of carbonyl (C=O) groups excluding carboxylic acids is 2. The van der Waals surface area contributed by atoms with E-state index in [4.69, 9.17) is 18.9 Å². The molecule has 0 aliphatic carbocycles. The number of hydrogen-bond donors (Lipinski definition) is 3. The number of esters is 2. The number of nitrogens with zero attached hydrogens (tertiary/aromatic N) is 4. The Bertz CT molecular complexity index is 2650. The highest BCUT2D eigenvalue weighted by molar-refractivity contribution is 6.02. The van der Waals surface area contributed by atoms with Gasteiger partial charge in [-0.25, -0.2) is 28.6 Å². The molecule has 0 amide bonds. The molecule has 7 rings (SSSR count). The van der Waals surface area contributed by atoms with E-state index >= 15 is 4.39 Å². The molecular formula is C49H46F4N4O12. The smallest absolute Gasteiger partial charge is 0.416 e. The highest BCUT2D eigenvalue weighted by atomic mass is 19.4. The van der Waals surface area contributed by atoms with Crippen LogP contribution in [0.25, 0.3) is 0 Å². The van der Waals surface area contributed by atoms with Gasteiger partial charge in [-0.05, 0) is 74.5 Å². The van der Waals surface area contributed by atoms with Gasteiger partial charge in [-0.15, -0.1) is 0 Å². The molecule has 3 N–H and O–H groups in total. The van der Waals surface area contributed by atoms with Crippen molar-refractivity contribution in [1.29, 1.82) is 0 Å². The summed E-state index contributed by atoms with van der Waals surface area (Å²) in [6.07, 6.45) is -9.62. The van der Waals surface area contributed by atoms with Crippen LogP contribution in [0.4, 0.5) is 34.6 Å². The van der Waals surface area contributed by atoms with Gasteiger partial charge in [-0.3, -0.25) is 4.79 Å². The fourth-order valence-corrected chi connectivity index (χ4v) is 7.47. The number of carboxylic acids is 3. The number of anilines is 2. The summed E-state index contributed by atoms with van der Waals surface area (Å²) < 4.78 is 77.0. The number of rotatable bonds is 13. The number of guanidine groups is 1. The largest absolute Gasteiger partial charge is 0.497 e. The predicted octanol–water partition coefficient (Wildman–Crippen LogP) is 7.93. The number of aliphatic carboxylic acids is 3. The summed E-state index contributed by atoms with van der Waals surface area (Å²) in [6.45, 7) is 5.40. The van der Waals surface area contributed by atoms with Gasteiger partial charge in [0.25, 0.3) is 0 Å². The molecular weight excluding hydrogens is 913 g/mol. The van der Waals surface area contributed by atoms with E-state index in [1.165, 1.54) is 54.5 Å². The third kappa shape index (κ3) is 12.1. The van der Waals surface area contributed by atoms with Gasteiger partial charge in [0.2, 0.25) is 18.2 Å². The van der Waals surface area contributed by atoms with Gasteiger partial charge in [-0.1, -0.05) is 53.6 Å². The first-order valence-electron chi connectivity index (χ1n) is 21.1. The van der Waals surface area contributed by atoms with Crippen molar-refractivity contribution in [2.75, 3.05) is 50.2 Å². The molecule has 69 heavy (non-hydrogen) atoms. The highest BCUT2D eigenvalue weighted by Gasteiger charge is 2.42. The van der Waals surface area contributed by atoms with Crippen LogP contribution in [0.5, 0.6) is 11.5 Å². The van der Waals surface area contributed by atoms with Crippen LogP contribution in [0.3, 0.4) is 0 Å². The summed E-state index contributed by atoms with van der Waals surface area (Å²) in [6, 6.07) is 25.8. The fraction of sp³-hybridized carbons (Fsp3) is 0.265. The first kappa shape index (κ1) is 50.3. The van der Waals surface area contributed by atoms with E-state index < -0.39 is 72.1 Å². The number of alkyl halides is 3. The lowest BCUT2D eigenvalue weighted by Crippen LogP contribution is -2.55. The fourth-order valence-electron chi connectivity index (χ4n) is 7.47. The molecule has 362 valence electrons. The van der Waals surface area contributed by atoms with E-state index in [-0.39, 0.29) is 39.8 Å². The summed E-state index contributed by atoms with van der Waals surface area (Å²) in [5, 5.41) is 28.5. The second kappa shape index (κ2) is 21.6. The SMILES string of the molecule is COc1cccc(N2CCN(C3=Nc4c(F)cccc4C(CC(=O)O)N3c3cc(C(F)(F)F)ccc3OC)CC2)c1.Cc1ccc(C(=O)O[C@@H](C(=O)O)[C@@H](OC(=O)c2ccc(C)cc2)C(=O)O)cc1. The Kier molecular flexibility index (Phi) is 15.8. The van der Waals surface area contributed by atoms with Crippen LogP contribution < -0.4 is 19.3 Å². The molecule has 2 aliphatic heterocycles. The van der Waals surface area contributed by atoms with Crippen molar-refractivity contribution in [3.8, 4) is 11.5 Å². The number of aryl methyl sites for hydroxylation is 2. The monoisotopic (exact) mass is 958 g/mol. The molecule has 20 heteroatoms. The standard InChI is InChI=1S/C29H28F4N4O4.C20H18O8/c1-40-20-6-3-5-19(16-20)35-11-13-36(14-12-35)28-34-27-21(7-4-8-22(27)30)23(17-26(38)39)37(28)24-15-18(29(31,32)33)9-10-25(24)41-2;1-11-3-7-13(8-4-11)19(25)27-15(17(21)22)16(18(23)24)28-20(26)14-9-5-12(2)6-10-14/h3-10,15-16,23H,11-14,17H2,1-2H3,(H,38,39);3-10,15-16H,1-2H3,(H,21,22)(H,23,24)/t;15-,16-/m.1/s1. The maximum Gasteiger partial charge on any atom is 0.416 e. The number of carboxylic acid groups (broad SMARTS) is 3. The number of carbonyl (C=O) groups is 5. The van der Waals surface area contributed by atoms with Gasteiger partial charge in [0.1, 0.15) is 23.0 Å². The van der Waals surface area contributed by atoms with Crippen molar-refractivity contribution < 1.29 is 75.8 Å². The van der Waals surface area contributed by atoms with Gasteiger partial charge < -0.3 is 49.0 Å². The lowest BCUT2D eigenvalue weighted by molar-refractivity contribution is -0.166. The molecule has 0 bridgehead atoms. The summed E-state index contributed by atoms with van der Waals surface area (Å²) in [4.78, 5) is 69.4. The number of piperazine rings is 1. The normalized spacial score (nSPS) is 15.3. The number of methoxy groups -OCH3 is 2. The molecule has 3 atom stereocenters. The van der Waals surface area contributed by atoms with Crippen LogP contribution in [0, 0.1) is 19.7 Å². The van der Waals surface area contributed by atoms with Crippen LogP contribution in [-0.2, 0) is 30.0 Å². The van der Waals surface area contributed by atoms with Crippen molar-refractivity contribution in [2.45, 2.75) is 44.7 Å². The number of hydrogen-bond acceptors (Lipinski definition) is 13. The van der Waals surface area contributed by atoms with Gasteiger partial charge in [-0.2, -0.15) is 13.2 Å². The predicted molar refractivity (Wildman–Crippen MR) is 242 cm³/mol. The average molecular weight is 959 g/mol. The minimum atomic E-state index is -4.66. The number of ether oxygens (including phenoxy) is 4. The van der Waals surface area contributed by atoms with E-state index in [0.29, 0.717) is 31.9 Å². The van der Waals surface area contributed by atoms with Crippen molar-refractivity contribution in [3.63, 3.8) is 0 Å². The molecule has 1 unspecified atom stereocenters. The van der Waals surface area contributed by atoms with Crippen molar-refractivity contribution in [3.05, 3.63) is 148 Å². The zero-order valence-electron chi connectivity index (χ0n) is 37.5. The van der Waals surface area contributed by atoms with Crippen LogP contribution in [-0.4, -0.2) is 109 Å². The maximum absolute atomic E-state index is 15.1. The third-order valence-electron chi connectivity index (χ3n) is 11.0. The first-order valence-corrected chi connectivity index (χ1v) is 21.1. The Balaban J connectivity index is 0.000000245. The van der Waals surface area contributed by atoms with Gasteiger partial charge in [0.15, 0.2) is 0 Å². The quantitative estimate of drug-likeness (QED) is 0.0757. The minimum Gasteiger partial charge on any atom is -0.497 e. The second-order valence-electron chi connectivity index (χ2n) is 15.7. The van der Waals surface area contributed by atoms with Crippen molar-refractivity contribution >= 4 is 52.9 Å². The zero-order valence-corrected chi connectivity index (χ0v) is 37.5. The molecule has 2 aliphatic rings. The zero-order chi connectivity index (χ0) is 50.2. The third-order valence-corrected chi connectivity index (χ3v) is 11.0. The van der Waals surface area contributed by atoms with Crippen LogP contribution in [0.1, 0.15) is 55.4 Å². The molecule has 0 spiro atoms. The van der Waals surface area contributed by atoms with Crippen molar-refractivity contribution in [1.82, 2.24) is 4.90 Å². The summed E-state index contributed by atoms with van der Waals surface area (Å²) >= 11 is 0. The topological polar surface area (TPSA) is 205 Å². The molecule has 5 aromatic carbocycles. The van der Waals surface area contributed by atoms with Gasteiger partial charge in [0, 0.05) is 43.5 Å². The Hall–Kier alpha value is -8.16. The van der Waals surface area contributed by atoms with Gasteiger partial charge in [0.05, 0.1) is 49.1 Å². The molecule has 0 radical (unpaired) electrons. The molecule has 16 nitrogen and oxygen atoms in total. The summed E-state index contributed by atoms with van der Waals surface area (Å²) in [7, 11) is 2.90. The van der Waals surface area contributed by atoms with Crippen LogP contribution >= 0.6 is 0 Å². The molecule has 0 aromatic heterocycles. The molecule has 2 heterocycles. The molecule has 5 aromatic rings. The van der Waals surface area contributed by atoms with E-state index in [2.05, 4.69) is 9.89 Å². The average Bonchev–Trinajstić information content (AvgIpc) is 3.32. The number of halogens is 4.